The molecule has 9 nitrogen and oxygen atoms in total. The van der Waals surface area contributed by atoms with Gasteiger partial charge in [-0.3, -0.25) is 19.5 Å². The highest BCUT2D eigenvalue weighted by atomic mass is 19.1. The number of primary amides is 1. The fourth-order valence-corrected chi connectivity index (χ4v) is 4.21. The van der Waals surface area contributed by atoms with E-state index in [9.17, 15) is 18.8 Å². The van der Waals surface area contributed by atoms with Crippen molar-refractivity contribution < 1.29 is 14.0 Å². The third kappa shape index (κ3) is 3.65. The maximum atomic E-state index is 14.6. The number of hydrogen-bond donors (Lipinski definition) is 3. The van der Waals surface area contributed by atoms with Crippen molar-refractivity contribution in [1.82, 2.24) is 25.3 Å². The Morgan fingerprint density at radius 1 is 1.09 bits per heavy atom. The summed E-state index contributed by atoms with van der Waals surface area (Å²) >= 11 is 0. The second-order valence-electron chi connectivity index (χ2n) is 7.91. The predicted octanol–water partition coefficient (Wildman–Crippen LogP) is 1.67. The van der Waals surface area contributed by atoms with Crippen LogP contribution in [0.3, 0.4) is 0 Å². The molecule has 0 fully saturated rings. The van der Waals surface area contributed by atoms with E-state index >= 15 is 0 Å². The topological polar surface area (TPSA) is 138 Å². The highest BCUT2D eigenvalue weighted by molar-refractivity contribution is 5.95. The van der Waals surface area contributed by atoms with Gasteiger partial charge in [0.15, 0.2) is 5.69 Å². The zero-order valence-electron chi connectivity index (χ0n) is 17.4. The molecule has 2 aromatic carbocycles. The van der Waals surface area contributed by atoms with E-state index in [1.165, 1.54) is 17.0 Å². The Balaban J connectivity index is 1.43. The number of rotatable bonds is 4. The zero-order chi connectivity index (χ0) is 23.1. The van der Waals surface area contributed by atoms with E-state index in [4.69, 9.17) is 5.73 Å². The molecule has 2 aromatic heterocycles. The molecule has 0 saturated carbocycles. The Kier molecular flexibility index (Phi) is 4.97. The van der Waals surface area contributed by atoms with Gasteiger partial charge in [-0.2, -0.15) is 10.2 Å². The largest absolute Gasteiger partial charge is 0.364 e. The van der Waals surface area contributed by atoms with Crippen molar-refractivity contribution in [2.24, 2.45) is 5.73 Å². The van der Waals surface area contributed by atoms with Crippen LogP contribution in [0.15, 0.2) is 47.3 Å². The number of nitrogens with two attached hydrogens (primary N) is 1. The highest BCUT2D eigenvalue weighted by Gasteiger charge is 2.28. The first kappa shape index (κ1) is 20.6. The number of benzene rings is 2. The number of amides is 2. The van der Waals surface area contributed by atoms with Crippen molar-refractivity contribution in [3.8, 4) is 0 Å². The molecule has 1 aliphatic heterocycles. The van der Waals surface area contributed by atoms with Crippen LogP contribution in [0.4, 0.5) is 4.39 Å². The molecule has 33 heavy (non-hydrogen) atoms. The molecule has 2 amide bonds. The molecular weight excluding hydrogens is 427 g/mol. The van der Waals surface area contributed by atoms with Crippen molar-refractivity contribution in [3.63, 3.8) is 0 Å². The molecule has 4 N–H and O–H groups in total. The lowest BCUT2D eigenvalue weighted by Gasteiger charge is -2.27. The lowest BCUT2D eigenvalue weighted by molar-refractivity contribution is 0.0727. The van der Waals surface area contributed by atoms with Gasteiger partial charge in [-0.25, -0.2) is 9.49 Å². The fourth-order valence-electron chi connectivity index (χ4n) is 4.21. The van der Waals surface area contributed by atoms with Gasteiger partial charge in [0.05, 0.1) is 28.9 Å². The third-order valence-corrected chi connectivity index (χ3v) is 5.86. The van der Waals surface area contributed by atoms with Crippen molar-refractivity contribution in [1.29, 1.82) is 0 Å². The molecule has 3 heterocycles. The molecule has 4 aromatic rings. The number of carbonyl (C=O) groups excluding carboxylic acids is 2. The lowest BCUT2D eigenvalue weighted by atomic mass is 10.0. The average Bonchev–Trinajstić information content (AvgIpc) is 3.25. The van der Waals surface area contributed by atoms with E-state index in [-0.39, 0.29) is 23.4 Å². The number of fused-ring (bicyclic) bond motifs is 2. The number of nitrogens with zero attached hydrogens (tertiary/aromatic N) is 3. The Morgan fingerprint density at radius 3 is 2.67 bits per heavy atom. The van der Waals surface area contributed by atoms with Crippen LogP contribution in [0.1, 0.15) is 43.4 Å². The average molecular weight is 446 g/mol. The number of aromatic amines is 2. The molecule has 5 rings (SSSR count). The normalized spacial score (nSPS) is 13.2. The Morgan fingerprint density at radius 2 is 1.88 bits per heavy atom. The highest BCUT2D eigenvalue weighted by Crippen LogP contribution is 2.24. The van der Waals surface area contributed by atoms with Crippen LogP contribution in [0.2, 0.25) is 0 Å². The number of aromatic nitrogens is 4. The van der Waals surface area contributed by atoms with Crippen LogP contribution in [0.25, 0.3) is 10.8 Å². The molecule has 166 valence electrons. The van der Waals surface area contributed by atoms with Gasteiger partial charge in [-0.05, 0) is 30.2 Å². The lowest BCUT2D eigenvalue weighted by Crippen LogP contribution is -2.36. The molecule has 0 spiro atoms. The van der Waals surface area contributed by atoms with Crippen LogP contribution < -0.4 is 11.3 Å². The first-order chi connectivity index (χ1) is 15.9. The fraction of sp³-hybridized carbons (Fsp3) is 0.174. The van der Waals surface area contributed by atoms with Crippen LogP contribution in [-0.4, -0.2) is 43.7 Å². The molecule has 0 saturated heterocycles. The first-order valence-corrected chi connectivity index (χ1v) is 10.3. The first-order valence-electron chi connectivity index (χ1n) is 10.3. The quantitative estimate of drug-likeness (QED) is 0.438. The van der Waals surface area contributed by atoms with Gasteiger partial charge in [0, 0.05) is 23.9 Å². The SMILES string of the molecule is NC(=O)c1n[nH]c2c1CCN(C(=O)c1cc(Cc3n[nH]c(=O)c4ccccc34)ccc1F)C2. The summed E-state index contributed by atoms with van der Waals surface area (Å²) in [4.78, 5) is 38.1. The number of nitrogens with one attached hydrogen (secondary N) is 2. The molecule has 0 radical (unpaired) electrons. The zero-order valence-corrected chi connectivity index (χ0v) is 17.4. The van der Waals surface area contributed by atoms with E-state index < -0.39 is 17.6 Å². The number of hydrogen-bond acceptors (Lipinski definition) is 5. The summed E-state index contributed by atoms with van der Waals surface area (Å²) < 4.78 is 14.6. The van der Waals surface area contributed by atoms with E-state index in [0.717, 1.165) is 0 Å². The van der Waals surface area contributed by atoms with E-state index in [0.29, 0.717) is 52.7 Å². The molecule has 10 heteroatoms. The minimum absolute atomic E-state index is 0.0562. The maximum Gasteiger partial charge on any atom is 0.272 e. The maximum absolute atomic E-state index is 14.6. The minimum atomic E-state index is -0.630. The van der Waals surface area contributed by atoms with Crippen molar-refractivity contribution >= 4 is 22.6 Å². The predicted molar refractivity (Wildman–Crippen MR) is 117 cm³/mol. The van der Waals surface area contributed by atoms with Crippen molar-refractivity contribution in [3.05, 3.63) is 92.4 Å². The second-order valence-corrected chi connectivity index (χ2v) is 7.91. The Labute approximate surface area is 186 Å². The van der Waals surface area contributed by atoms with Crippen LogP contribution in [-0.2, 0) is 19.4 Å². The standard InChI is InChI=1S/C23H19FN6O3/c24-17-6-5-12(10-18-13-3-1-2-4-14(13)22(32)29-26-18)9-16(17)23(33)30-8-7-15-19(11-30)27-28-20(15)21(25)31/h1-6,9H,7-8,10-11H2,(H2,25,31)(H,27,28)(H,29,32). The summed E-state index contributed by atoms with van der Waals surface area (Å²) in [6, 6.07) is 11.5. The second kappa shape index (κ2) is 7.97. The summed E-state index contributed by atoms with van der Waals surface area (Å²) in [5.41, 5.74) is 7.77. The van der Waals surface area contributed by atoms with Gasteiger partial charge in [0.1, 0.15) is 5.82 Å². The third-order valence-electron chi connectivity index (χ3n) is 5.86. The minimum Gasteiger partial charge on any atom is -0.364 e. The summed E-state index contributed by atoms with van der Waals surface area (Å²) in [6.45, 7) is 0.478. The van der Waals surface area contributed by atoms with Gasteiger partial charge < -0.3 is 10.6 Å². The molecule has 0 bridgehead atoms. The summed E-state index contributed by atoms with van der Waals surface area (Å²) in [5.74, 6) is -1.72. The van der Waals surface area contributed by atoms with Gasteiger partial charge in [-0.1, -0.05) is 24.3 Å². The molecule has 0 atom stereocenters. The summed E-state index contributed by atoms with van der Waals surface area (Å²) in [7, 11) is 0. The monoisotopic (exact) mass is 446 g/mol. The van der Waals surface area contributed by atoms with Crippen molar-refractivity contribution in [2.45, 2.75) is 19.4 Å². The Hall–Kier alpha value is -4.34. The van der Waals surface area contributed by atoms with E-state index in [1.54, 1.807) is 24.3 Å². The van der Waals surface area contributed by atoms with Crippen LogP contribution >= 0.6 is 0 Å². The van der Waals surface area contributed by atoms with Crippen molar-refractivity contribution in [2.75, 3.05) is 6.54 Å². The summed E-state index contributed by atoms with van der Waals surface area (Å²) in [6.07, 6.45) is 0.703. The number of carbonyl (C=O) groups is 2. The molecule has 0 aliphatic carbocycles. The van der Waals surface area contributed by atoms with Crippen LogP contribution in [0.5, 0.6) is 0 Å². The van der Waals surface area contributed by atoms with E-state index in [2.05, 4.69) is 20.4 Å². The van der Waals surface area contributed by atoms with Gasteiger partial charge in [0.2, 0.25) is 0 Å². The number of H-pyrrole nitrogens is 2. The number of halogens is 1. The van der Waals surface area contributed by atoms with Gasteiger partial charge in [-0.15, -0.1) is 0 Å². The smallest absolute Gasteiger partial charge is 0.272 e. The van der Waals surface area contributed by atoms with Gasteiger partial charge >= 0.3 is 0 Å². The summed E-state index contributed by atoms with van der Waals surface area (Å²) in [5, 5.41) is 14.5. The van der Waals surface area contributed by atoms with Gasteiger partial charge in [0.25, 0.3) is 17.4 Å². The van der Waals surface area contributed by atoms with Crippen LogP contribution in [0, 0.1) is 5.82 Å². The molecule has 1 aliphatic rings. The molecular formula is C23H19FN6O3. The molecule has 0 unspecified atom stereocenters. The van der Waals surface area contributed by atoms with E-state index in [1.807, 2.05) is 6.07 Å². The Bertz CT molecular complexity index is 1470.